The Morgan fingerprint density at radius 2 is 1.92 bits per heavy atom. The van der Waals surface area contributed by atoms with Gasteiger partial charge in [0.1, 0.15) is 5.76 Å². The SMILES string of the molecule is CCOC1=C[C@]2(N(C)C)C(C#Cc3ccccc3)=C[C@]13CCCC[C@@H]32. The molecule has 1 fully saturated rings. The van der Waals surface area contributed by atoms with E-state index in [2.05, 4.69) is 62.0 Å². The van der Waals surface area contributed by atoms with Crippen LogP contribution in [0.4, 0.5) is 0 Å². The van der Waals surface area contributed by atoms with Crippen molar-refractivity contribution in [2.45, 2.75) is 38.1 Å². The third-order valence-electron chi connectivity index (χ3n) is 6.28. The summed E-state index contributed by atoms with van der Waals surface area (Å²) in [5.41, 5.74) is 2.30. The van der Waals surface area contributed by atoms with Crippen LogP contribution in [0.1, 0.15) is 38.2 Å². The number of ether oxygens (including phenoxy) is 1. The van der Waals surface area contributed by atoms with Gasteiger partial charge in [0, 0.05) is 17.1 Å². The quantitative estimate of drug-likeness (QED) is 0.761. The van der Waals surface area contributed by atoms with Crippen molar-refractivity contribution >= 4 is 0 Å². The summed E-state index contributed by atoms with van der Waals surface area (Å²) in [4.78, 5) is 2.36. The summed E-state index contributed by atoms with van der Waals surface area (Å²) in [6, 6.07) is 10.3. The maximum absolute atomic E-state index is 6.12. The van der Waals surface area contributed by atoms with Crippen molar-refractivity contribution < 1.29 is 4.74 Å². The standard InChI is InChI=1S/C23H27NO/c1-4-25-21-17-23(24(2)3)19(14-13-18-10-6-5-7-11-18)16-22(21)15-9-8-12-20(22)23/h5-7,10-11,16-17,20H,4,8-9,12,15H2,1-3H3/t20-,22-,23-/m0/s1. The predicted octanol–water partition coefficient (Wildman–Crippen LogP) is 4.39. The molecule has 0 amide bonds. The van der Waals surface area contributed by atoms with Crippen LogP contribution in [-0.4, -0.2) is 31.1 Å². The molecule has 130 valence electrons. The van der Waals surface area contributed by atoms with Crippen molar-refractivity contribution in [1.82, 2.24) is 4.90 Å². The molecule has 0 unspecified atom stereocenters. The van der Waals surface area contributed by atoms with Crippen molar-refractivity contribution in [2.75, 3.05) is 20.7 Å². The molecule has 4 rings (SSSR count). The highest BCUT2D eigenvalue weighted by atomic mass is 16.5. The van der Waals surface area contributed by atoms with Crippen LogP contribution >= 0.6 is 0 Å². The van der Waals surface area contributed by atoms with Gasteiger partial charge in [-0.2, -0.15) is 0 Å². The lowest BCUT2D eigenvalue weighted by Gasteiger charge is -2.43. The van der Waals surface area contributed by atoms with Crippen molar-refractivity contribution in [2.24, 2.45) is 11.3 Å². The minimum Gasteiger partial charge on any atom is -0.498 e. The van der Waals surface area contributed by atoms with Gasteiger partial charge < -0.3 is 4.74 Å². The maximum atomic E-state index is 6.12. The van der Waals surface area contributed by atoms with E-state index in [-0.39, 0.29) is 11.0 Å². The third kappa shape index (κ3) is 2.29. The van der Waals surface area contributed by atoms with Crippen LogP contribution in [0.15, 0.2) is 53.8 Å². The maximum Gasteiger partial charge on any atom is 0.105 e. The molecule has 3 atom stereocenters. The molecule has 2 heteroatoms. The van der Waals surface area contributed by atoms with Gasteiger partial charge in [-0.1, -0.05) is 49.0 Å². The van der Waals surface area contributed by atoms with E-state index >= 15 is 0 Å². The molecule has 0 aliphatic heterocycles. The second kappa shape index (κ2) is 6.07. The van der Waals surface area contributed by atoms with Crippen LogP contribution < -0.4 is 0 Å². The van der Waals surface area contributed by atoms with Gasteiger partial charge in [-0.05, 0) is 52.1 Å². The molecule has 0 saturated heterocycles. The average Bonchev–Trinajstić information content (AvgIpc) is 3.08. The molecule has 0 spiro atoms. The zero-order valence-corrected chi connectivity index (χ0v) is 15.5. The lowest BCUT2D eigenvalue weighted by Crippen LogP contribution is -2.48. The summed E-state index contributed by atoms with van der Waals surface area (Å²) < 4.78 is 6.12. The molecule has 0 heterocycles. The van der Waals surface area contributed by atoms with E-state index in [1.165, 1.54) is 37.0 Å². The number of likely N-dealkylation sites (N-methyl/N-ethyl adjacent to an activating group) is 1. The van der Waals surface area contributed by atoms with Gasteiger partial charge in [0.25, 0.3) is 0 Å². The van der Waals surface area contributed by atoms with Gasteiger partial charge in [-0.3, -0.25) is 4.90 Å². The monoisotopic (exact) mass is 333 g/mol. The number of hydrogen-bond acceptors (Lipinski definition) is 2. The molecule has 25 heavy (non-hydrogen) atoms. The van der Waals surface area contributed by atoms with E-state index in [0.29, 0.717) is 5.92 Å². The molecule has 1 aromatic rings. The zero-order chi connectivity index (χ0) is 17.5. The smallest absolute Gasteiger partial charge is 0.105 e. The first kappa shape index (κ1) is 16.5. The summed E-state index contributed by atoms with van der Waals surface area (Å²) >= 11 is 0. The van der Waals surface area contributed by atoms with Crippen LogP contribution in [0.2, 0.25) is 0 Å². The Morgan fingerprint density at radius 3 is 2.64 bits per heavy atom. The van der Waals surface area contributed by atoms with Crippen molar-refractivity contribution in [1.29, 1.82) is 0 Å². The predicted molar refractivity (Wildman–Crippen MR) is 102 cm³/mol. The molecule has 2 bridgehead atoms. The Labute approximate surface area is 151 Å². The van der Waals surface area contributed by atoms with Crippen molar-refractivity contribution in [3.8, 4) is 11.8 Å². The Hall–Kier alpha value is -1.98. The normalized spacial score (nSPS) is 32.6. The number of allylic oxidation sites excluding steroid dienone is 1. The summed E-state index contributed by atoms with van der Waals surface area (Å²) in [5.74, 6) is 8.68. The largest absolute Gasteiger partial charge is 0.498 e. The van der Waals surface area contributed by atoms with Gasteiger partial charge >= 0.3 is 0 Å². The highest BCUT2D eigenvalue weighted by Gasteiger charge is 2.65. The first-order valence-electron chi connectivity index (χ1n) is 9.47. The first-order chi connectivity index (χ1) is 12.1. The molecule has 1 saturated carbocycles. The minimum atomic E-state index is -0.104. The second-order valence-corrected chi connectivity index (χ2v) is 7.67. The van der Waals surface area contributed by atoms with Crippen LogP contribution in [-0.2, 0) is 4.74 Å². The van der Waals surface area contributed by atoms with Crippen LogP contribution in [0.3, 0.4) is 0 Å². The van der Waals surface area contributed by atoms with Crippen LogP contribution in [0.25, 0.3) is 0 Å². The molecule has 2 nitrogen and oxygen atoms in total. The Morgan fingerprint density at radius 1 is 1.12 bits per heavy atom. The Balaban J connectivity index is 1.80. The molecule has 0 aromatic heterocycles. The summed E-state index contributed by atoms with van der Waals surface area (Å²) in [7, 11) is 4.38. The summed E-state index contributed by atoms with van der Waals surface area (Å²) in [6.45, 7) is 2.83. The fourth-order valence-electron chi connectivity index (χ4n) is 5.23. The number of nitrogens with zero attached hydrogens (tertiary/aromatic N) is 1. The van der Waals surface area contributed by atoms with E-state index in [1.54, 1.807) is 0 Å². The molecule has 3 aliphatic carbocycles. The van der Waals surface area contributed by atoms with Crippen LogP contribution in [0, 0.1) is 23.2 Å². The van der Waals surface area contributed by atoms with E-state index in [0.717, 1.165) is 12.2 Å². The lowest BCUT2D eigenvalue weighted by molar-refractivity contribution is 0.0728. The fourth-order valence-corrected chi connectivity index (χ4v) is 5.23. The highest BCUT2D eigenvalue weighted by Crippen LogP contribution is 2.65. The van der Waals surface area contributed by atoms with E-state index < -0.39 is 0 Å². The van der Waals surface area contributed by atoms with E-state index in [4.69, 9.17) is 4.74 Å². The first-order valence-corrected chi connectivity index (χ1v) is 9.47. The highest BCUT2D eigenvalue weighted by molar-refractivity contribution is 5.59. The topological polar surface area (TPSA) is 12.5 Å². The number of hydrogen-bond donors (Lipinski definition) is 0. The molecule has 0 N–H and O–H groups in total. The van der Waals surface area contributed by atoms with Crippen LogP contribution in [0.5, 0.6) is 0 Å². The molecular weight excluding hydrogens is 306 g/mol. The van der Waals surface area contributed by atoms with Gasteiger partial charge in [0.05, 0.1) is 17.6 Å². The van der Waals surface area contributed by atoms with Gasteiger partial charge in [-0.15, -0.1) is 0 Å². The Bertz CT molecular complexity index is 779. The van der Waals surface area contributed by atoms with Crippen molar-refractivity contribution in [3.05, 3.63) is 59.4 Å². The van der Waals surface area contributed by atoms with Gasteiger partial charge in [0.15, 0.2) is 0 Å². The second-order valence-electron chi connectivity index (χ2n) is 7.67. The zero-order valence-electron chi connectivity index (χ0n) is 15.5. The number of benzene rings is 1. The van der Waals surface area contributed by atoms with Gasteiger partial charge in [-0.25, -0.2) is 0 Å². The average molecular weight is 333 g/mol. The fraction of sp³-hybridized carbons (Fsp3) is 0.478. The minimum absolute atomic E-state index is 0.0687. The lowest BCUT2D eigenvalue weighted by atomic mass is 9.67. The molecule has 3 aliphatic rings. The molecule has 1 aromatic carbocycles. The van der Waals surface area contributed by atoms with E-state index in [9.17, 15) is 0 Å². The third-order valence-corrected chi connectivity index (χ3v) is 6.28. The number of rotatable bonds is 3. The molecule has 0 radical (unpaired) electrons. The summed E-state index contributed by atoms with van der Waals surface area (Å²) in [6.07, 6.45) is 9.87. The van der Waals surface area contributed by atoms with Gasteiger partial charge in [0.2, 0.25) is 0 Å². The van der Waals surface area contributed by atoms with E-state index in [1.807, 2.05) is 18.2 Å². The summed E-state index contributed by atoms with van der Waals surface area (Å²) in [5, 5.41) is 0. The van der Waals surface area contributed by atoms with Crippen molar-refractivity contribution in [3.63, 3.8) is 0 Å². The Kier molecular flexibility index (Phi) is 4.01. The molecular formula is C23H27NO.